The molecule has 94 valence electrons. The maximum atomic E-state index is 4.46. The first-order valence-corrected chi connectivity index (χ1v) is 7.16. The van der Waals surface area contributed by atoms with Gasteiger partial charge in [-0.1, -0.05) is 13.3 Å². The summed E-state index contributed by atoms with van der Waals surface area (Å²) in [4.78, 5) is 4.46. The molecule has 0 spiro atoms. The Kier molecular flexibility index (Phi) is 3.08. The lowest BCUT2D eigenvalue weighted by Gasteiger charge is -2.28. The molecule has 3 rings (SSSR count). The van der Waals surface area contributed by atoms with Crippen molar-refractivity contribution in [3.63, 3.8) is 0 Å². The Morgan fingerprint density at radius 3 is 2.65 bits per heavy atom. The second-order valence-corrected chi connectivity index (χ2v) is 5.66. The van der Waals surface area contributed by atoms with Crippen LogP contribution in [0.5, 0.6) is 0 Å². The third-order valence-electron chi connectivity index (χ3n) is 4.37. The molecule has 0 amide bonds. The summed E-state index contributed by atoms with van der Waals surface area (Å²) in [5, 5.41) is 3.65. The maximum Gasteiger partial charge on any atom is 0.203 e. The molecule has 0 aromatic carbocycles. The molecule has 0 saturated heterocycles. The summed E-state index contributed by atoms with van der Waals surface area (Å²) in [5.41, 5.74) is 0. The molecule has 3 heteroatoms. The van der Waals surface area contributed by atoms with Crippen LogP contribution in [0.3, 0.4) is 0 Å². The number of imidazole rings is 1. The summed E-state index contributed by atoms with van der Waals surface area (Å²) < 4.78 is 2.33. The van der Waals surface area contributed by atoms with Gasteiger partial charge in [0.2, 0.25) is 5.95 Å². The summed E-state index contributed by atoms with van der Waals surface area (Å²) in [6.07, 6.45) is 13.5. The smallest absolute Gasteiger partial charge is 0.203 e. The van der Waals surface area contributed by atoms with Crippen molar-refractivity contribution in [1.82, 2.24) is 9.55 Å². The van der Waals surface area contributed by atoms with Gasteiger partial charge in [-0.2, -0.15) is 0 Å². The summed E-state index contributed by atoms with van der Waals surface area (Å²) in [6, 6.07) is 1.38. The average molecular weight is 233 g/mol. The van der Waals surface area contributed by atoms with Crippen molar-refractivity contribution in [2.45, 2.75) is 64.0 Å². The number of hydrogen-bond donors (Lipinski definition) is 1. The van der Waals surface area contributed by atoms with Crippen LogP contribution in [0, 0.1) is 5.92 Å². The summed E-state index contributed by atoms with van der Waals surface area (Å²) in [6.45, 7) is 2.32. The van der Waals surface area contributed by atoms with Gasteiger partial charge in [0, 0.05) is 24.5 Å². The standard InChI is InChI=1S/C14H23N3/c1-2-11-3-5-12(6-4-11)16-14-15-9-10-17(14)13-7-8-13/h9-13H,2-8H2,1H3,(H,15,16). The fourth-order valence-electron chi connectivity index (χ4n) is 2.97. The number of rotatable bonds is 4. The molecule has 2 aliphatic carbocycles. The van der Waals surface area contributed by atoms with E-state index in [1.54, 1.807) is 0 Å². The van der Waals surface area contributed by atoms with Gasteiger partial charge in [-0.05, 0) is 44.4 Å². The van der Waals surface area contributed by atoms with Crippen molar-refractivity contribution in [2.75, 3.05) is 5.32 Å². The lowest BCUT2D eigenvalue weighted by atomic mass is 9.85. The fraction of sp³-hybridized carbons (Fsp3) is 0.786. The van der Waals surface area contributed by atoms with Crippen molar-refractivity contribution in [3.8, 4) is 0 Å². The van der Waals surface area contributed by atoms with Crippen LogP contribution in [0.15, 0.2) is 12.4 Å². The normalized spacial score (nSPS) is 29.2. The minimum atomic E-state index is 0.651. The highest BCUT2D eigenvalue weighted by molar-refractivity contribution is 5.29. The van der Waals surface area contributed by atoms with Crippen LogP contribution in [0.1, 0.15) is 57.9 Å². The molecule has 0 atom stereocenters. The molecule has 17 heavy (non-hydrogen) atoms. The Morgan fingerprint density at radius 1 is 1.24 bits per heavy atom. The topological polar surface area (TPSA) is 29.9 Å². The molecule has 1 heterocycles. The van der Waals surface area contributed by atoms with E-state index in [4.69, 9.17) is 0 Å². The van der Waals surface area contributed by atoms with Crippen LogP contribution in [0.2, 0.25) is 0 Å². The van der Waals surface area contributed by atoms with E-state index in [1.165, 1.54) is 44.9 Å². The third-order valence-corrected chi connectivity index (χ3v) is 4.37. The second kappa shape index (κ2) is 4.71. The van der Waals surface area contributed by atoms with Gasteiger partial charge < -0.3 is 9.88 Å². The quantitative estimate of drug-likeness (QED) is 0.861. The van der Waals surface area contributed by atoms with Gasteiger partial charge in [0.15, 0.2) is 0 Å². The second-order valence-electron chi connectivity index (χ2n) is 5.66. The molecule has 1 aromatic rings. The lowest BCUT2D eigenvalue weighted by Crippen LogP contribution is -2.27. The summed E-state index contributed by atoms with van der Waals surface area (Å²) in [7, 11) is 0. The summed E-state index contributed by atoms with van der Waals surface area (Å²) >= 11 is 0. The van der Waals surface area contributed by atoms with Crippen LogP contribution in [0.25, 0.3) is 0 Å². The predicted molar refractivity (Wildman–Crippen MR) is 70.2 cm³/mol. The van der Waals surface area contributed by atoms with Crippen LogP contribution in [-0.4, -0.2) is 15.6 Å². The molecule has 0 unspecified atom stereocenters. The Balaban J connectivity index is 1.58. The van der Waals surface area contributed by atoms with Crippen molar-refractivity contribution >= 4 is 5.95 Å². The van der Waals surface area contributed by atoms with E-state index >= 15 is 0 Å². The fourth-order valence-corrected chi connectivity index (χ4v) is 2.97. The van der Waals surface area contributed by atoms with Gasteiger partial charge >= 0.3 is 0 Å². The van der Waals surface area contributed by atoms with Gasteiger partial charge in [0.25, 0.3) is 0 Å². The molecule has 0 radical (unpaired) electrons. The lowest BCUT2D eigenvalue weighted by molar-refractivity contribution is 0.329. The first kappa shape index (κ1) is 11.1. The number of nitrogens with one attached hydrogen (secondary N) is 1. The monoisotopic (exact) mass is 233 g/mol. The van der Waals surface area contributed by atoms with Crippen LogP contribution in [-0.2, 0) is 0 Å². The van der Waals surface area contributed by atoms with Crippen LogP contribution < -0.4 is 5.32 Å². The van der Waals surface area contributed by atoms with E-state index in [0.29, 0.717) is 6.04 Å². The maximum absolute atomic E-state index is 4.46. The Labute approximate surface area is 104 Å². The molecule has 3 nitrogen and oxygen atoms in total. The van der Waals surface area contributed by atoms with Crippen LogP contribution >= 0.6 is 0 Å². The van der Waals surface area contributed by atoms with Gasteiger partial charge in [-0.25, -0.2) is 4.98 Å². The Bertz CT molecular complexity index is 359. The Hall–Kier alpha value is -0.990. The molecule has 0 bridgehead atoms. The number of anilines is 1. The van der Waals surface area contributed by atoms with Gasteiger partial charge in [0.1, 0.15) is 0 Å². The zero-order valence-corrected chi connectivity index (χ0v) is 10.7. The molecule has 2 fully saturated rings. The first-order valence-electron chi connectivity index (χ1n) is 7.16. The minimum Gasteiger partial charge on any atom is -0.353 e. The van der Waals surface area contributed by atoms with E-state index in [0.717, 1.165) is 17.9 Å². The average Bonchev–Trinajstić information content (AvgIpc) is 3.11. The number of nitrogens with zero attached hydrogens (tertiary/aromatic N) is 2. The van der Waals surface area contributed by atoms with E-state index < -0.39 is 0 Å². The number of aromatic nitrogens is 2. The third kappa shape index (κ3) is 2.48. The van der Waals surface area contributed by atoms with Crippen molar-refractivity contribution in [2.24, 2.45) is 5.92 Å². The van der Waals surface area contributed by atoms with Crippen LogP contribution in [0.4, 0.5) is 5.95 Å². The predicted octanol–water partition coefficient (Wildman–Crippen LogP) is 3.60. The summed E-state index contributed by atoms with van der Waals surface area (Å²) in [5.74, 6) is 2.07. The van der Waals surface area contributed by atoms with Gasteiger partial charge in [-0.3, -0.25) is 0 Å². The molecule has 1 N–H and O–H groups in total. The zero-order valence-electron chi connectivity index (χ0n) is 10.7. The largest absolute Gasteiger partial charge is 0.353 e. The molecule has 2 saturated carbocycles. The van der Waals surface area contributed by atoms with E-state index in [-0.39, 0.29) is 0 Å². The van der Waals surface area contributed by atoms with E-state index in [2.05, 4.69) is 28.0 Å². The molecular weight excluding hydrogens is 210 g/mol. The SMILES string of the molecule is CCC1CCC(Nc2nccn2C2CC2)CC1. The zero-order chi connectivity index (χ0) is 11.7. The Morgan fingerprint density at radius 2 is 2.00 bits per heavy atom. The molecule has 2 aliphatic rings. The van der Waals surface area contributed by atoms with Gasteiger partial charge in [-0.15, -0.1) is 0 Å². The molecular formula is C14H23N3. The van der Waals surface area contributed by atoms with Crippen molar-refractivity contribution < 1.29 is 0 Å². The highest BCUT2D eigenvalue weighted by Crippen LogP contribution is 2.37. The van der Waals surface area contributed by atoms with Crippen molar-refractivity contribution in [3.05, 3.63) is 12.4 Å². The highest BCUT2D eigenvalue weighted by atomic mass is 15.2. The highest BCUT2D eigenvalue weighted by Gasteiger charge is 2.27. The van der Waals surface area contributed by atoms with E-state index in [1.807, 2.05) is 6.20 Å². The van der Waals surface area contributed by atoms with E-state index in [9.17, 15) is 0 Å². The molecule has 0 aliphatic heterocycles. The number of hydrogen-bond acceptors (Lipinski definition) is 2. The van der Waals surface area contributed by atoms with Crippen molar-refractivity contribution in [1.29, 1.82) is 0 Å². The molecule has 1 aromatic heterocycles. The first-order chi connectivity index (χ1) is 8.36. The minimum absolute atomic E-state index is 0.651. The van der Waals surface area contributed by atoms with Gasteiger partial charge in [0.05, 0.1) is 0 Å².